The highest BCUT2D eigenvalue weighted by Gasteiger charge is 2.28. The molecule has 1 amide bonds. The Morgan fingerprint density at radius 2 is 1.92 bits per heavy atom. The molecule has 0 spiro atoms. The Bertz CT molecular complexity index is 976. The molecule has 1 aliphatic heterocycles. The molecule has 5 nitrogen and oxygen atoms in total. The maximum Gasteiger partial charge on any atom is 0.339 e. The van der Waals surface area contributed by atoms with Crippen LogP contribution < -0.4 is 10.5 Å². The maximum atomic E-state index is 11.9. The molecule has 0 radical (unpaired) electrons. The summed E-state index contributed by atoms with van der Waals surface area (Å²) in [6, 6.07) is 6.72. The van der Waals surface area contributed by atoms with Gasteiger partial charge in [0.1, 0.15) is 16.9 Å². The molecular formula is C20H18ClNO4. The summed E-state index contributed by atoms with van der Waals surface area (Å²) in [5.41, 5.74) is 7.44. The summed E-state index contributed by atoms with van der Waals surface area (Å²) in [5.74, 6) is -1.49. The van der Waals surface area contributed by atoms with Gasteiger partial charge in [-0.15, -0.1) is 0 Å². The molecule has 1 aliphatic rings. The van der Waals surface area contributed by atoms with Gasteiger partial charge >= 0.3 is 5.97 Å². The predicted octanol–water partition coefficient (Wildman–Crippen LogP) is 4.30. The van der Waals surface area contributed by atoms with Crippen LogP contribution in [-0.2, 0) is 0 Å². The normalized spacial score (nSPS) is 14.5. The second-order valence-electron chi connectivity index (χ2n) is 6.77. The van der Waals surface area contributed by atoms with Gasteiger partial charge in [0, 0.05) is 5.56 Å². The molecule has 0 atom stereocenters. The third kappa shape index (κ3) is 3.06. The zero-order chi connectivity index (χ0) is 19.2. The van der Waals surface area contributed by atoms with Crippen LogP contribution in [0.25, 0.3) is 17.2 Å². The summed E-state index contributed by atoms with van der Waals surface area (Å²) in [6.07, 6.45) is 3.66. The minimum atomic E-state index is -1.12. The fourth-order valence-corrected chi connectivity index (χ4v) is 3.21. The quantitative estimate of drug-likeness (QED) is 0.841. The molecule has 0 fully saturated rings. The fourth-order valence-electron chi connectivity index (χ4n) is 2.95. The second kappa shape index (κ2) is 6.18. The molecule has 2 aromatic carbocycles. The highest BCUT2D eigenvalue weighted by atomic mass is 35.5. The van der Waals surface area contributed by atoms with Crippen molar-refractivity contribution in [3.8, 4) is 16.9 Å². The van der Waals surface area contributed by atoms with Crippen molar-refractivity contribution in [2.75, 3.05) is 0 Å². The molecule has 134 valence electrons. The smallest absolute Gasteiger partial charge is 0.339 e. The average molecular weight is 372 g/mol. The van der Waals surface area contributed by atoms with E-state index in [1.54, 1.807) is 25.1 Å². The first-order valence-corrected chi connectivity index (χ1v) is 8.37. The van der Waals surface area contributed by atoms with E-state index in [1.807, 2.05) is 26.0 Å². The number of halogens is 1. The van der Waals surface area contributed by atoms with Crippen LogP contribution in [0.15, 0.2) is 30.3 Å². The average Bonchev–Trinajstić information content (AvgIpc) is 2.55. The van der Waals surface area contributed by atoms with Gasteiger partial charge in [-0.2, -0.15) is 0 Å². The van der Waals surface area contributed by atoms with Gasteiger partial charge in [-0.25, -0.2) is 4.79 Å². The Morgan fingerprint density at radius 1 is 1.23 bits per heavy atom. The van der Waals surface area contributed by atoms with Crippen LogP contribution in [0.4, 0.5) is 0 Å². The number of carbonyl (C=O) groups is 2. The number of amides is 1. The molecule has 0 saturated heterocycles. The van der Waals surface area contributed by atoms with Crippen molar-refractivity contribution in [3.05, 3.63) is 57.6 Å². The molecule has 0 unspecified atom stereocenters. The number of aryl methyl sites for hydroxylation is 1. The van der Waals surface area contributed by atoms with Crippen LogP contribution in [0.2, 0.25) is 5.02 Å². The number of nitrogens with two attached hydrogens (primary N) is 1. The van der Waals surface area contributed by atoms with Crippen molar-refractivity contribution in [2.45, 2.75) is 26.4 Å². The minimum Gasteiger partial charge on any atom is -0.482 e. The van der Waals surface area contributed by atoms with Gasteiger partial charge in [0.2, 0.25) is 0 Å². The van der Waals surface area contributed by atoms with E-state index in [-0.39, 0.29) is 16.1 Å². The van der Waals surface area contributed by atoms with E-state index in [1.165, 1.54) is 6.07 Å². The third-order valence-corrected chi connectivity index (χ3v) is 4.76. The van der Waals surface area contributed by atoms with E-state index >= 15 is 0 Å². The zero-order valence-electron chi connectivity index (χ0n) is 14.6. The number of fused-ring (bicyclic) bond motifs is 1. The molecule has 0 saturated carbocycles. The number of primary amides is 1. The number of carboxylic acids is 1. The van der Waals surface area contributed by atoms with Crippen molar-refractivity contribution in [2.24, 2.45) is 5.73 Å². The molecular weight excluding hydrogens is 354 g/mol. The lowest BCUT2D eigenvalue weighted by molar-refractivity contribution is 0.0685. The molecule has 0 bridgehead atoms. The number of aromatic carboxylic acids is 1. The van der Waals surface area contributed by atoms with E-state index < -0.39 is 17.5 Å². The second-order valence-corrected chi connectivity index (χ2v) is 7.15. The lowest BCUT2D eigenvalue weighted by atomic mass is 9.92. The van der Waals surface area contributed by atoms with Crippen molar-refractivity contribution in [1.82, 2.24) is 0 Å². The summed E-state index contributed by atoms with van der Waals surface area (Å²) < 4.78 is 5.84. The number of carboxylic acid groups (broad SMARTS) is 1. The minimum absolute atomic E-state index is 0.0158. The van der Waals surface area contributed by atoms with Gasteiger partial charge in [0.25, 0.3) is 5.91 Å². The fraction of sp³-hybridized carbons (Fsp3) is 0.200. The standard InChI is InChI=1S/C20H18ClNO4/c1-10-4-5-13(15(16(10)21)18(22)23)12-8-11-6-7-20(2,3)26-17(11)14(9-12)19(24)25/h4-9H,1-3H3,(H2,22,23)(H,24,25). The third-order valence-electron chi connectivity index (χ3n) is 4.27. The SMILES string of the molecule is Cc1ccc(-c2cc3c(c(C(=O)O)c2)OC(C)(C)C=C3)c(C(N)=O)c1Cl. The monoisotopic (exact) mass is 371 g/mol. The summed E-state index contributed by atoms with van der Waals surface area (Å²) in [7, 11) is 0. The van der Waals surface area contributed by atoms with Crippen LogP contribution in [0.3, 0.4) is 0 Å². The van der Waals surface area contributed by atoms with E-state index in [0.717, 1.165) is 0 Å². The molecule has 3 rings (SSSR count). The van der Waals surface area contributed by atoms with Crippen molar-refractivity contribution >= 4 is 29.6 Å². The van der Waals surface area contributed by atoms with Gasteiger partial charge in [-0.3, -0.25) is 4.79 Å². The Balaban J connectivity index is 2.30. The van der Waals surface area contributed by atoms with Gasteiger partial charge in [0.05, 0.1) is 10.6 Å². The molecule has 2 aromatic rings. The number of benzene rings is 2. The molecule has 6 heteroatoms. The van der Waals surface area contributed by atoms with Crippen molar-refractivity contribution in [1.29, 1.82) is 0 Å². The van der Waals surface area contributed by atoms with Crippen molar-refractivity contribution in [3.63, 3.8) is 0 Å². The highest BCUT2D eigenvalue weighted by Crippen LogP contribution is 2.39. The van der Waals surface area contributed by atoms with Crippen LogP contribution in [-0.4, -0.2) is 22.6 Å². The summed E-state index contributed by atoms with van der Waals surface area (Å²) >= 11 is 6.27. The highest BCUT2D eigenvalue weighted by molar-refractivity contribution is 6.35. The van der Waals surface area contributed by atoms with E-state index in [0.29, 0.717) is 28.0 Å². The number of carbonyl (C=O) groups excluding carboxylic acids is 1. The number of hydrogen-bond acceptors (Lipinski definition) is 3. The number of hydrogen-bond donors (Lipinski definition) is 2. The predicted molar refractivity (Wildman–Crippen MR) is 101 cm³/mol. The zero-order valence-corrected chi connectivity index (χ0v) is 15.3. The molecule has 1 heterocycles. The first-order valence-electron chi connectivity index (χ1n) is 7.99. The Labute approximate surface area is 156 Å². The Morgan fingerprint density at radius 3 is 2.54 bits per heavy atom. The maximum absolute atomic E-state index is 11.9. The van der Waals surface area contributed by atoms with E-state index in [4.69, 9.17) is 22.1 Å². The first-order chi connectivity index (χ1) is 12.1. The Kier molecular flexibility index (Phi) is 4.28. The number of rotatable bonds is 3. The largest absolute Gasteiger partial charge is 0.482 e. The molecule has 0 aliphatic carbocycles. The lowest BCUT2D eigenvalue weighted by Crippen LogP contribution is -2.28. The van der Waals surface area contributed by atoms with Crippen LogP contribution >= 0.6 is 11.6 Å². The van der Waals surface area contributed by atoms with Crippen molar-refractivity contribution < 1.29 is 19.4 Å². The molecule has 0 aromatic heterocycles. The van der Waals surface area contributed by atoms with Gasteiger partial charge < -0.3 is 15.6 Å². The lowest BCUT2D eigenvalue weighted by Gasteiger charge is -2.29. The summed E-state index contributed by atoms with van der Waals surface area (Å²) in [5, 5.41) is 9.90. The molecule has 26 heavy (non-hydrogen) atoms. The summed E-state index contributed by atoms with van der Waals surface area (Å²) in [4.78, 5) is 23.7. The van der Waals surface area contributed by atoms with Gasteiger partial charge in [-0.1, -0.05) is 29.8 Å². The van der Waals surface area contributed by atoms with Crippen LogP contribution in [0, 0.1) is 6.92 Å². The van der Waals surface area contributed by atoms with E-state index in [9.17, 15) is 14.7 Å². The van der Waals surface area contributed by atoms with E-state index in [2.05, 4.69) is 0 Å². The molecule has 3 N–H and O–H groups in total. The topological polar surface area (TPSA) is 89.6 Å². The van der Waals surface area contributed by atoms with Gasteiger partial charge in [-0.05, 0) is 55.7 Å². The first kappa shape index (κ1) is 18.0. The van der Waals surface area contributed by atoms with Gasteiger partial charge in [0.15, 0.2) is 0 Å². The summed E-state index contributed by atoms with van der Waals surface area (Å²) in [6.45, 7) is 5.46. The number of ether oxygens (including phenoxy) is 1. The van der Waals surface area contributed by atoms with Crippen LogP contribution in [0.5, 0.6) is 5.75 Å². The Hall–Kier alpha value is -2.79. The van der Waals surface area contributed by atoms with Crippen LogP contribution in [0.1, 0.15) is 45.7 Å².